The highest BCUT2D eigenvalue weighted by molar-refractivity contribution is 5.56. The number of carbonyl (C=O) groups excluding carboxylic acids is 1. The molecule has 0 atom stereocenters. The molecule has 0 aromatic carbocycles. The Morgan fingerprint density at radius 1 is 1.17 bits per heavy atom. The third kappa shape index (κ3) is 2.11. The molecule has 0 radical (unpaired) electrons. The molecular weight excluding hydrogens is 226 g/mol. The molecule has 1 aliphatic heterocycles. The smallest absolute Gasteiger partial charge is 0.135 e. The van der Waals surface area contributed by atoms with E-state index < -0.39 is 0 Å². The normalized spacial score (nSPS) is 20.6. The molecule has 0 unspecified atom stereocenters. The molecule has 1 aliphatic carbocycles. The van der Waals surface area contributed by atoms with Crippen LogP contribution in [-0.4, -0.2) is 29.3 Å². The van der Waals surface area contributed by atoms with Gasteiger partial charge in [0.25, 0.3) is 0 Å². The van der Waals surface area contributed by atoms with Crippen LogP contribution in [-0.2, 0) is 17.6 Å². The van der Waals surface area contributed by atoms with Gasteiger partial charge in [0.05, 0.1) is 0 Å². The van der Waals surface area contributed by atoms with Crippen molar-refractivity contribution in [3.63, 3.8) is 0 Å². The molecule has 1 fully saturated rings. The maximum atomic E-state index is 10.8. The number of hydrogen-bond acceptors (Lipinski definition) is 4. The van der Waals surface area contributed by atoms with E-state index in [1.54, 1.807) is 6.33 Å². The molecule has 3 rings (SSSR count). The van der Waals surface area contributed by atoms with Crippen molar-refractivity contribution in [1.82, 2.24) is 9.97 Å². The number of aryl methyl sites for hydroxylation is 1. The SMILES string of the molecule is O=CC1CCN(c2ncnc3c2CCCC3)CC1. The van der Waals surface area contributed by atoms with Gasteiger partial charge in [-0.2, -0.15) is 0 Å². The Kier molecular flexibility index (Phi) is 3.26. The molecule has 96 valence electrons. The Labute approximate surface area is 107 Å². The Hall–Kier alpha value is -1.45. The second-order valence-corrected chi connectivity index (χ2v) is 5.29. The standard InChI is InChI=1S/C14H19N3O/c18-9-11-5-7-17(8-6-11)14-12-3-1-2-4-13(12)15-10-16-14/h9-11H,1-8H2. The van der Waals surface area contributed by atoms with Crippen LogP contribution in [0, 0.1) is 5.92 Å². The largest absolute Gasteiger partial charge is 0.356 e. The number of rotatable bonds is 2. The predicted molar refractivity (Wildman–Crippen MR) is 69.7 cm³/mol. The van der Waals surface area contributed by atoms with E-state index in [0.717, 1.165) is 50.9 Å². The van der Waals surface area contributed by atoms with Crippen molar-refractivity contribution in [3.05, 3.63) is 17.6 Å². The van der Waals surface area contributed by atoms with E-state index in [1.807, 2.05) is 0 Å². The summed E-state index contributed by atoms with van der Waals surface area (Å²) in [6, 6.07) is 0. The van der Waals surface area contributed by atoms with Crippen LogP contribution < -0.4 is 4.90 Å². The first-order valence-corrected chi connectivity index (χ1v) is 6.91. The summed E-state index contributed by atoms with van der Waals surface area (Å²) in [5.41, 5.74) is 2.59. The fourth-order valence-electron chi connectivity index (χ4n) is 3.02. The minimum absolute atomic E-state index is 0.249. The predicted octanol–water partition coefficient (Wildman–Crippen LogP) is 1.77. The minimum atomic E-state index is 0.249. The summed E-state index contributed by atoms with van der Waals surface area (Å²) in [4.78, 5) is 22.0. The summed E-state index contributed by atoms with van der Waals surface area (Å²) >= 11 is 0. The molecule has 0 spiro atoms. The third-order valence-electron chi connectivity index (χ3n) is 4.13. The summed E-state index contributed by atoms with van der Waals surface area (Å²) in [7, 11) is 0. The van der Waals surface area contributed by atoms with Gasteiger partial charge in [0.15, 0.2) is 0 Å². The lowest BCUT2D eigenvalue weighted by atomic mass is 9.94. The van der Waals surface area contributed by atoms with Crippen LogP contribution in [0.3, 0.4) is 0 Å². The zero-order chi connectivity index (χ0) is 12.4. The average molecular weight is 245 g/mol. The first-order valence-electron chi connectivity index (χ1n) is 6.91. The van der Waals surface area contributed by atoms with Crippen molar-refractivity contribution < 1.29 is 4.79 Å². The maximum Gasteiger partial charge on any atom is 0.135 e. The lowest BCUT2D eigenvalue weighted by Crippen LogP contribution is -2.35. The molecule has 0 amide bonds. The molecule has 0 saturated carbocycles. The number of carbonyl (C=O) groups is 1. The van der Waals surface area contributed by atoms with Gasteiger partial charge in [-0.3, -0.25) is 0 Å². The van der Waals surface area contributed by atoms with Crippen molar-refractivity contribution in [3.8, 4) is 0 Å². The third-order valence-corrected chi connectivity index (χ3v) is 4.13. The average Bonchev–Trinajstić information content (AvgIpc) is 2.47. The van der Waals surface area contributed by atoms with Crippen LogP contribution in [0.4, 0.5) is 5.82 Å². The molecule has 0 bridgehead atoms. The molecule has 2 heterocycles. The maximum absolute atomic E-state index is 10.8. The zero-order valence-corrected chi connectivity index (χ0v) is 10.6. The molecule has 1 aromatic rings. The van der Waals surface area contributed by atoms with E-state index in [0.29, 0.717) is 0 Å². The second-order valence-electron chi connectivity index (χ2n) is 5.29. The van der Waals surface area contributed by atoms with E-state index in [2.05, 4.69) is 14.9 Å². The molecular formula is C14H19N3O. The van der Waals surface area contributed by atoms with Gasteiger partial charge >= 0.3 is 0 Å². The number of hydrogen-bond donors (Lipinski definition) is 0. The number of nitrogens with zero attached hydrogens (tertiary/aromatic N) is 3. The number of aldehydes is 1. The van der Waals surface area contributed by atoms with Gasteiger partial charge in [-0.15, -0.1) is 0 Å². The van der Waals surface area contributed by atoms with Gasteiger partial charge in [0.1, 0.15) is 18.4 Å². The lowest BCUT2D eigenvalue weighted by Gasteiger charge is -2.33. The van der Waals surface area contributed by atoms with Crippen molar-refractivity contribution >= 4 is 12.1 Å². The van der Waals surface area contributed by atoms with Gasteiger partial charge in [-0.25, -0.2) is 9.97 Å². The Balaban J connectivity index is 1.82. The monoisotopic (exact) mass is 245 g/mol. The summed E-state index contributed by atoms with van der Waals surface area (Å²) in [6.07, 6.45) is 9.42. The summed E-state index contributed by atoms with van der Waals surface area (Å²) in [5, 5.41) is 0. The van der Waals surface area contributed by atoms with Crippen molar-refractivity contribution in [1.29, 1.82) is 0 Å². The van der Waals surface area contributed by atoms with E-state index >= 15 is 0 Å². The van der Waals surface area contributed by atoms with Gasteiger partial charge in [0, 0.05) is 30.3 Å². The Morgan fingerprint density at radius 2 is 1.94 bits per heavy atom. The summed E-state index contributed by atoms with van der Waals surface area (Å²) in [6.45, 7) is 1.90. The lowest BCUT2D eigenvalue weighted by molar-refractivity contribution is -0.111. The topological polar surface area (TPSA) is 46.1 Å². The van der Waals surface area contributed by atoms with Crippen LogP contribution >= 0.6 is 0 Å². The molecule has 4 nitrogen and oxygen atoms in total. The number of piperidine rings is 1. The summed E-state index contributed by atoms with van der Waals surface area (Å²) in [5.74, 6) is 1.38. The molecule has 2 aliphatic rings. The van der Waals surface area contributed by atoms with Crippen LogP contribution in [0.2, 0.25) is 0 Å². The van der Waals surface area contributed by atoms with Crippen molar-refractivity contribution in [2.45, 2.75) is 38.5 Å². The fourth-order valence-corrected chi connectivity index (χ4v) is 3.02. The van der Waals surface area contributed by atoms with E-state index in [4.69, 9.17) is 0 Å². The molecule has 1 saturated heterocycles. The molecule has 1 aromatic heterocycles. The van der Waals surface area contributed by atoms with Gasteiger partial charge < -0.3 is 9.69 Å². The highest BCUT2D eigenvalue weighted by Gasteiger charge is 2.24. The van der Waals surface area contributed by atoms with Crippen LogP contribution in [0.25, 0.3) is 0 Å². The number of fused-ring (bicyclic) bond motifs is 1. The van der Waals surface area contributed by atoms with Crippen molar-refractivity contribution in [2.75, 3.05) is 18.0 Å². The molecule has 18 heavy (non-hydrogen) atoms. The number of aromatic nitrogens is 2. The number of anilines is 1. The van der Waals surface area contributed by atoms with Crippen LogP contribution in [0.15, 0.2) is 6.33 Å². The first kappa shape index (κ1) is 11.6. The van der Waals surface area contributed by atoms with E-state index in [1.165, 1.54) is 24.1 Å². The fraction of sp³-hybridized carbons (Fsp3) is 0.643. The molecule has 0 N–H and O–H groups in total. The second kappa shape index (κ2) is 5.04. The molecule has 4 heteroatoms. The highest BCUT2D eigenvalue weighted by Crippen LogP contribution is 2.29. The summed E-state index contributed by atoms with van der Waals surface area (Å²) < 4.78 is 0. The van der Waals surface area contributed by atoms with E-state index in [9.17, 15) is 4.79 Å². The van der Waals surface area contributed by atoms with Crippen LogP contribution in [0.1, 0.15) is 36.9 Å². The van der Waals surface area contributed by atoms with E-state index in [-0.39, 0.29) is 5.92 Å². The quantitative estimate of drug-likeness (QED) is 0.745. The first-order chi connectivity index (χ1) is 8.88. The van der Waals surface area contributed by atoms with Gasteiger partial charge in [-0.1, -0.05) is 0 Å². The van der Waals surface area contributed by atoms with Crippen molar-refractivity contribution in [2.24, 2.45) is 5.92 Å². The zero-order valence-electron chi connectivity index (χ0n) is 10.6. The Morgan fingerprint density at radius 3 is 2.72 bits per heavy atom. The van der Waals surface area contributed by atoms with Gasteiger partial charge in [-0.05, 0) is 38.5 Å². The van der Waals surface area contributed by atoms with Crippen LogP contribution in [0.5, 0.6) is 0 Å². The highest BCUT2D eigenvalue weighted by atomic mass is 16.1. The van der Waals surface area contributed by atoms with Gasteiger partial charge in [0.2, 0.25) is 0 Å². The Bertz CT molecular complexity index is 439. The minimum Gasteiger partial charge on any atom is -0.356 e.